The third kappa shape index (κ3) is 5.65. The van der Waals surface area contributed by atoms with Crippen molar-refractivity contribution < 1.29 is 23.8 Å². The molecular formula is C24H28FN7O4. The Hall–Kier alpha value is -3.93. The highest BCUT2D eigenvalue weighted by atomic mass is 19.1. The Morgan fingerprint density at radius 2 is 1.92 bits per heavy atom. The molecule has 0 bridgehead atoms. The normalized spacial score (nSPS) is 14.0. The first-order valence-corrected chi connectivity index (χ1v) is 11.7. The topological polar surface area (TPSA) is 135 Å². The zero-order chi connectivity index (χ0) is 25.7. The minimum absolute atomic E-state index is 0.00179. The Balaban J connectivity index is 1.84. The van der Waals surface area contributed by atoms with Gasteiger partial charge >= 0.3 is 5.97 Å². The second-order valence-electron chi connectivity index (χ2n) is 8.76. The third-order valence-electron chi connectivity index (χ3n) is 5.86. The number of nitrogens with one attached hydrogen (secondary N) is 1. The van der Waals surface area contributed by atoms with Crippen LogP contribution in [-0.4, -0.2) is 68.5 Å². The molecule has 11 nitrogen and oxygen atoms in total. The van der Waals surface area contributed by atoms with Crippen LogP contribution in [0.3, 0.4) is 0 Å². The number of pyridine rings is 1. The SMILES string of the molecule is CN(C)c1ncc(-c2c(COCC(=O)O)c(C(=O)NC3CCCCC3)nn2-c2ncccc2F)cn1. The number of carboxylic acid groups (broad SMARTS) is 1. The van der Waals surface area contributed by atoms with E-state index in [1.807, 2.05) is 0 Å². The average molecular weight is 498 g/mol. The van der Waals surface area contributed by atoms with Crippen molar-refractivity contribution >= 4 is 17.8 Å². The summed E-state index contributed by atoms with van der Waals surface area (Å²) >= 11 is 0. The second kappa shape index (κ2) is 11.2. The second-order valence-corrected chi connectivity index (χ2v) is 8.76. The maximum Gasteiger partial charge on any atom is 0.329 e. The van der Waals surface area contributed by atoms with Crippen LogP contribution >= 0.6 is 0 Å². The van der Waals surface area contributed by atoms with Gasteiger partial charge in [-0.25, -0.2) is 28.8 Å². The minimum atomic E-state index is -1.16. The Morgan fingerprint density at radius 3 is 2.56 bits per heavy atom. The first-order chi connectivity index (χ1) is 17.3. The van der Waals surface area contributed by atoms with Crippen LogP contribution in [0.1, 0.15) is 48.2 Å². The van der Waals surface area contributed by atoms with Crippen LogP contribution in [0.4, 0.5) is 10.3 Å². The number of aromatic nitrogens is 5. The van der Waals surface area contributed by atoms with Gasteiger partial charge in [-0.15, -0.1) is 0 Å². The van der Waals surface area contributed by atoms with E-state index in [0.29, 0.717) is 11.5 Å². The molecule has 1 saturated carbocycles. The molecule has 190 valence electrons. The molecule has 3 aromatic heterocycles. The monoisotopic (exact) mass is 497 g/mol. The number of ether oxygens (including phenoxy) is 1. The van der Waals surface area contributed by atoms with Gasteiger partial charge in [-0.1, -0.05) is 19.3 Å². The fraction of sp³-hybridized carbons (Fsp3) is 0.417. The first-order valence-electron chi connectivity index (χ1n) is 11.7. The van der Waals surface area contributed by atoms with Crippen LogP contribution in [0.2, 0.25) is 0 Å². The van der Waals surface area contributed by atoms with Crippen LogP contribution in [0, 0.1) is 5.82 Å². The van der Waals surface area contributed by atoms with Crippen molar-refractivity contribution in [2.24, 2.45) is 0 Å². The summed E-state index contributed by atoms with van der Waals surface area (Å²) in [5.74, 6) is -1.93. The van der Waals surface area contributed by atoms with Crippen LogP contribution in [0.5, 0.6) is 0 Å². The lowest BCUT2D eigenvalue weighted by molar-refractivity contribution is -0.142. The first kappa shape index (κ1) is 25.2. The molecule has 4 rings (SSSR count). The molecule has 1 aliphatic carbocycles. The van der Waals surface area contributed by atoms with E-state index in [1.165, 1.54) is 35.4 Å². The van der Waals surface area contributed by atoms with E-state index in [0.717, 1.165) is 32.1 Å². The highest BCUT2D eigenvalue weighted by Gasteiger charge is 2.29. The number of carbonyl (C=O) groups excluding carboxylic acids is 1. The maximum atomic E-state index is 14.8. The molecule has 3 aromatic rings. The van der Waals surface area contributed by atoms with Crippen LogP contribution < -0.4 is 10.2 Å². The largest absolute Gasteiger partial charge is 0.480 e. The molecule has 0 aromatic carbocycles. The van der Waals surface area contributed by atoms with Gasteiger partial charge in [-0.2, -0.15) is 5.10 Å². The number of aliphatic carboxylic acids is 1. The number of nitrogens with zero attached hydrogens (tertiary/aromatic N) is 6. The predicted molar refractivity (Wildman–Crippen MR) is 128 cm³/mol. The highest BCUT2D eigenvalue weighted by molar-refractivity contribution is 5.96. The zero-order valence-corrected chi connectivity index (χ0v) is 20.1. The fourth-order valence-electron chi connectivity index (χ4n) is 4.17. The van der Waals surface area contributed by atoms with Crippen molar-refractivity contribution in [3.8, 4) is 17.1 Å². The van der Waals surface area contributed by atoms with E-state index in [9.17, 15) is 14.0 Å². The number of carbonyl (C=O) groups is 2. The number of hydrogen-bond donors (Lipinski definition) is 2. The lowest BCUT2D eigenvalue weighted by atomic mass is 9.95. The number of halogens is 1. The molecule has 0 atom stereocenters. The van der Waals surface area contributed by atoms with E-state index >= 15 is 0 Å². The Morgan fingerprint density at radius 1 is 1.19 bits per heavy atom. The molecule has 0 aliphatic heterocycles. The molecule has 12 heteroatoms. The summed E-state index contributed by atoms with van der Waals surface area (Å²) < 4.78 is 21.4. The van der Waals surface area contributed by atoms with Gasteiger partial charge in [0.15, 0.2) is 17.3 Å². The fourth-order valence-corrected chi connectivity index (χ4v) is 4.17. The number of rotatable bonds is 9. The van der Waals surface area contributed by atoms with Crippen LogP contribution in [0.25, 0.3) is 17.1 Å². The Labute approximate surface area is 207 Å². The quantitative estimate of drug-likeness (QED) is 0.457. The van der Waals surface area contributed by atoms with Crippen molar-refractivity contribution in [2.75, 3.05) is 25.6 Å². The minimum Gasteiger partial charge on any atom is -0.480 e. The zero-order valence-electron chi connectivity index (χ0n) is 20.1. The average Bonchev–Trinajstić information content (AvgIpc) is 3.24. The van der Waals surface area contributed by atoms with E-state index in [1.54, 1.807) is 19.0 Å². The Bertz CT molecular complexity index is 1220. The molecule has 1 aliphatic rings. The third-order valence-corrected chi connectivity index (χ3v) is 5.86. The molecule has 0 radical (unpaired) electrons. The van der Waals surface area contributed by atoms with E-state index in [4.69, 9.17) is 9.84 Å². The number of carboxylic acids is 1. The summed E-state index contributed by atoms with van der Waals surface area (Å²) in [6.45, 7) is -0.832. The molecular weight excluding hydrogens is 469 g/mol. The molecule has 0 spiro atoms. The maximum absolute atomic E-state index is 14.8. The standard InChI is InChI=1S/C24H28FN7O4/c1-31(2)24-27-11-15(12-28-24)21-17(13-36-14-19(33)34)20(23(35)29-16-7-4-3-5-8-16)30-32(21)22-18(25)9-6-10-26-22/h6,9-12,16H,3-5,7-8,13-14H2,1-2H3,(H,29,35)(H,33,34). The van der Waals surface area contributed by atoms with Gasteiger partial charge in [0.25, 0.3) is 5.91 Å². The summed E-state index contributed by atoms with van der Waals surface area (Å²) in [6.07, 6.45) is 9.36. The predicted octanol–water partition coefficient (Wildman–Crippen LogP) is 2.59. The van der Waals surface area contributed by atoms with Gasteiger partial charge in [-0.3, -0.25) is 4.79 Å². The molecule has 1 amide bonds. The van der Waals surface area contributed by atoms with Gasteiger partial charge in [-0.05, 0) is 25.0 Å². The lowest BCUT2D eigenvalue weighted by Gasteiger charge is -2.22. The van der Waals surface area contributed by atoms with E-state index in [-0.39, 0.29) is 35.4 Å². The van der Waals surface area contributed by atoms with Gasteiger partial charge in [0.2, 0.25) is 5.95 Å². The van der Waals surface area contributed by atoms with Crippen LogP contribution in [-0.2, 0) is 16.1 Å². The van der Waals surface area contributed by atoms with E-state index in [2.05, 4.69) is 25.4 Å². The van der Waals surface area contributed by atoms with Crippen molar-refractivity contribution in [3.05, 3.63) is 47.8 Å². The molecule has 1 fully saturated rings. The van der Waals surface area contributed by atoms with Gasteiger partial charge in [0, 0.05) is 49.9 Å². The van der Waals surface area contributed by atoms with Gasteiger partial charge in [0.1, 0.15) is 6.61 Å². The lowest BCUT2D eigenvalue weighted by Crippen LogP contribution is -2.36. The number of amides is 1. The van der Waals surface area contributed by atoms with Gasteiger partial charge < -0.3 is 20.1 Å². The number of hydrogen-bond acceptors (Lipinski definition) is 8. The van der Waals surface area contributed by atoms with E-state index < -0.39 is 24.3 Å². The van der Waals surface area contributed by atoms with Crippen molar-refractivity contribution in [2.45, 2.75) is 44.8 Å². The van der Waals surface area contributed by atoms with Crippen molar-refractivity contribution in [1.29, 1.82) is 0 Å². The summed E-state index contributed by atoms with van der Waals surface area (Å²) in [4.78, 5) is 39.0. The summed E-state index contributed by atoms with van der Waals surface area (Å²) in [7, 11) is 3.59. The molecule has 0 unspecified atom stereocenters. The molecule has 0 saturated heterocycles. The Kier molecular flexibility index (Phi) is 7.84. The van der Waals surface area contributed by atoms with Crippen molar-refractivity contribution in [1.82, 2.24) is 30.0 Å². The summed E-state index contributed by atoms with van der Waals surface area (Å²) in [5, 5.41) is 16.5. The van der Waals surface area contributed by atoms with Gasteiger partial charge in [0.05, 0.1) is 12.3 Å². The smallest absolute Gasteiger partial charge is 0.329 e. The summed E-state index contributed by atoms with van der Waals surface area (Å²) in [6, 6.07) is 2.69. The molecule has 2 N–H and O–H groups in total. The molecule has 36 heavy (non-hydrogen) atoms. The summed E-state index contributed by atoms with van der Waals surface area (Å²) in [5.41, 5.74) is 1.01. The number of anilines is 1. The molecule has 3 heterocycles. The van der Waals surface area contributed by atoms with Crippen LogP contribution in [0.15, 0.2) is 30.7 Å². The van der Waals surface area contributed by atoms with Crippen molar-refractivity contribution in [3.63, 3.8) is 0 Å². The highest BCUT2D eigenvalue weighted by Crippen LogP contribution is 2.30.